The standard InChI is InChI=1S/C18H22N4O2.HI/c1-24-16-10-6-5-9-15(16)22-18(19)20-12-11-17(23)21-13-14-7-3-2-4-8-14;/h2-10H,11-13H2,1H3,(H,21,23)(H3,19,20,22);1H. The molecule has 0 aliphatic rings. The quantitative estimate of drug-likeness (QED) is 0.341. The van der Waals surface area contributed by atoms with Gasteiger partial charge in [-0.15, -0.1) is 24.0 Å². The van der Waals surface area contributed by atoms with Crippen molar-refractivity contribution in [3.05, 3.63) is 60.2 Å². The van der Waals surface area contributed by atoms with E-state index >= 15 is 0 Å². The third kappa shape index (κ3) is 7.42. The first kappa shape index (κ1) is 20.8. The van der Waals surface area contributed by atoms with Gasteiger partial charge in [0.15, 0.2) is 5.96 Å². The molecule has 4 N–H and O–H groups in total. The minimum Gasteiger partial charge on any atom is -0.495 e. The predicted molar refractivity (Wildman–Crippen MR) is 111 cm³/mol. The number of carbonyl (C=O) groups excluding carboxylic acids is 1. The number of para-hydroxylation sites is 2. The smallest absolute Gasteiger partial charge is 0.222 e. The number of methoxy groups -OCH3 is 1. The number of guanidine groups is 1. The molecule has 0 saturated carbocycles. The Kier molecular flexibility index (Phi) is 9.38. The molecular formula is C18H23IN4O2. The molecule has 0 aliphatic carbocycles. The van der Waals surface area contributed by atoms with Gasteiger partial charge in [-0.3, -0.25) is 9.79 Å². The second-order valence-electron chi connectivity index (χ2n) is 5.10. The molecule has 0 radical (unpaired) electrons. The third-order valence-electron chi connectivity index (χ3n) is 3.32. The molecule has 2 rings (SSSR count). The van der Waals surface area contributed by atoms with Crippen LogP contribution < -0.4 is 21.1 Å². The maximum absolute atomic E-state index is 11.8. The van der Waals surface area contributed by atoms with Gasteiger partial charge in [0.1, 0.15) is 5.75 Å². The predicted octanol–water partition coefficient (Wildman–Crippen LogP) is 2.75. The number of halogens is 1. The molecule has 0 aliphatic heterocycles. The lowest BCUT2D eigenvalue weighted by atomic mass is 10.2. The summed E-state index contributed by atoms with van der Waals surface area (Å²) in [6.45, 7) is 0.826. The highest BCUT2D eigenvalue weighted by molar-refractivity contribution is 14.0. The molecule has 1 amide bonds. The van der Waals surface area contributed by atoms with Gasteiger partial charge < -0.3 is 21.1 Å². The van der Waals surface area contributed by atoms with Crippen LogP contribution in [0.2, 0.25) is 0 Å². The molecule has 25 heavy (non-hydrogen) atoms. The molecule has 0 unspecified atom stereocenters. The molecule has 0 heterocycles. The van der Waals surface area contributed by atoms with Gasteiger partial charge in [0, 0.05) is 13.0 Å². The van der Waals surface area contributed by atoms with Gasteiger partial charge in [-0.1, -0.05) is 42.5 Å². The van der Waals surface area contributed by atoms with Crippen LogP contribution >= 0.6 is 24.0 Å². The zero-order valence-corrected chi connectivity index (χ0v) is 16.4. The van der Waals surface area contributed by atoms with Crippen molar-refractivity contribution in [2.45, 2.75) is 13.0 Å². The first-order valence-electron chi connectivity index (χ1n) is 7.69. The van der Waals surface area contributed by atoms with Crippen LogP contribution in [0, 0.1) is 0 Å². The highest BCUT2D eigenvalue weighted by atomic mass is 127. The molecule has 134 valence electrons. The lowest BCUT2D eigenvalue weighted by Gasteiger charge is -2.10. The number of nitrogens with zero attached hydrogens (tertiary/aromatic N) is 1. The van der Waals surface area contributed by atoms with Crippen molar-refractivity contribution in [3.8, 4) is 5.75 Å². The molecule has 0 spiro atoms. The van der Waals surface area contributed by atoms with Gasteiger partial charge >= 0.3 is 0 Å². The van der Waals surface area contributed by atoms with Crippen LogP contribution in [0.3, 0.4) is 0 Å². The second-order valence-corrected chi connectivity index (χ2v) is 5.10. The molecule has 2 aromatic carbocycles. The molecule has 0 fully saturated rings. The Morgan fingerprint density at radius 1 is 1.12 bits per heavy atom. The number of amides is 1. The summed E-state index contributed by atoms with van der Waals surface area (Å²) in [7, 11) is 1.59. The van der Waals surface area contributed by atoms with Crippen LogP contribution in [0.5, 0.6) is 5.75 Å². The number of carbonyl (C=O) groups is 1. The van der Waals surface area contributed by atoms with E-state index in [1.54, 1.807) is 7.11 Å². The van der Waals surface area contributed by atoms with Crippen molar-refractivity contribution in [2.24, 2.45) is 10.7 Å². The fourth-order valence-corrected chi connectivity index (χ4v) is 2.09. The summed E-state index contributed by atoms with van der Waals surface area (Å²) in [5.41, 5.74) is 7.63. The summed E-state index contributed by atoms with van der Waals surface area (Å²) in [6.07, 6.45) is 0.279. The monoisotopic (exact) mass is 454 g/mol. The number of aliphatic imine (C=N–C) groups is 1. The van der Waals surface area contributed by atoms with Crippen LogP contribution in [0.15, 0.2) is 59.6 Å². The maximum atomic E-state index is 11.8. The van der Waals surface area contributed by atoms with E-state index in [4.69, 9.17) is 10.5 Å². The zero-order chi connectivity index (χ0) is 17.2. The number of rotatable bonds is 7. The van der Waals surface area contributed by atoms with Gasteiger partial charge in [0.05, 0.1) is 19.3 Å². The van der Waals surface area contributed by atoms with Gasteiger partial charge in [-0.25, -0.2) is 0 Å². The lowest BCUT2D eigenvalue weighted by Crippen LogP contribution is -2.25. The topological polar surface area (TPSA) is 88.7 Å². The van der Waals surface area contributed by atoms with Crippen LogP contribution in [-0.2, 0) is 11.3 Å². The number of nitrogens with two attached hydrogens (primary N) is 1. The number of anilines is 1. The average molecular weight is 454 g/mol. The van der Waals surface area contributed by atoms with E-state index in [2.05, 4.69) is 15.6 Å². The lowest BCUT2D eigenvalue weighted by molar-refractivity contribution is -0.121. The summed E-state index contributed by atoms with van der Waals surface area (Å²) < 4.78 is 5.23. The zero-order valence-electron chi connectivity index (χ0n) is 14.1. The second kappa shape index (κ2) is 11.3. The number of benzene rings is 2. The summed E-state index contributed by atoms with van der Waals surface area (Å²) in [5, 5.41) is 5.82. The molecule has 6 nitrogen and oxygen atoms in total. The van der Waals surface area contributed by atoms with Crippen LogP contribution in [0.4, 0.5) is 5.69 Å². The first-order valence-corrected chi connectivity index (χ1v) is 7.69. The summed E-state index contributed by atoms with van der Waals surface area (Å²) in [5.74, 6) is 0.860. The van der Waals surface area contributed by atoms with Gasteiger partial charge in [0.2, 0.25) is 5.91 Å². The van der Waals surface area contributed by atoms with Crippen molar-refractivity contribution in [1.82, 2.24) is 5.32 Å². The molecule has 0 saturated heterocycles. The molecule has 7 heteroatoms. The van der Waals surface area contributed by atoms with Crippen molar-refractivity contribution >= 4 is 41.5 Å². The van der Waals surface area contributed by atoms with Gasteiger partial charge in [-0.2, -0.15) is 0 Å². The molecular weight excluding hydrogens is 431 g/mol. The number of ether oxygens (including phenoxy) is 1. The van der Waals surface area contributed by atoms with Crippen molar-refractivity contribution in [1.29, 1.82) is 0 Å². The van der Waals surface area contributed by atoms with E-state index in [-0.39, 0.29) is 42.3 Å². The Morgan fingerprint density at radius 2 is 1.80 bits per heavy atom. The van der Waals surface area contributed by atoms with E-state index in [0.717, 1.165) is 11.3 Å². The Morgan fingerprint density at radius 3 is 2.52 bits per heavy atom. The fourth-order valence-electron chi connectivity index (χ4n) is 2.09. The average Bonchev–Trinajstić information content (AvgIpc) is 2.61. The van der Waals surface area contributed by atoms with Crippen molar-refractivity contribution in [2.75, 3.05) is 19.0 Å². The van der Waals surface area contributed by atoms with E-state index in [1.807, 2.05) is 54.6 Å². The number of nitrogens with one attached hydrogen (secondary N) is 2. The minimum absolute atomic E-state index is 0. The van der Waals surface area contributed by atoms with Crippen LogP contribution in [0.1, 0.15) is 12.0 Å². The summed E-state index contributed by atoms with van der Waals surface area (Å²) >= 11 is 0. The summed E-state index contributed by atoms with van der Waals surface area (Å²) in [4.78, 5) is 16.0. The Labute approximate surface area is 164 Å². The SMILES string of the molecule is COc1ccccc1NC(N)=NCCC(=O)NCc1ccccc1.I. The highest BCUT2D eigenvalue weighted by Gasteiger charge is 2.03. The molecule has 2 aromatic rings. The van der Waals surface area contributed by atoms with Crippen molar-refractivity contribution < 1.29 is 9.53 Å². The normalized spacial score (nSPS) is 10.5. The third-order valence-corrected chi connectivity index (χ3v) is 3.32. The molecule has 0 bridgehead atoms. The summed E-state index contributed by atoms with van der Waals surface area (Å²) in [6, 6.07) is 17.2. The molecule has 0 atom stereocenters. The van der Waals surface area contributed by atoms with Crippen LogP contribution in [0.25, 0.3) is 0 Å². The van der Waals surface area contributed by atoms with E-state index in [1.165, 1.54) is 0 Å². The van der Waals surface area contributed by atoms with Crippen LogP contribution in [-0.4, -0.2) is 25.5 Å². The van der Waals surface area contributed by atoms with E-state index in [9.17, 15) is 4.79 Å². The minimum atomic E-state index is -0.0623. The van der Waals surface area contributed by atoms with Crippen molar-refractivity contribution in [3.63, 3.8) is 0 Å². The number of hydrogen-bond donors (Lipinski definition) is 3. The Balaban J connectivity index is 0.00000312. The van der Waals surface area contributed by atoms with E-state index in [0.29, 0.717) is 18.8 Å². The Hall–Kier alpha value is -2.29. The highest BCUT2D eigenvalue weighted by Crippen LogP contribution is 2.22. The van der Waals surface area contributed by atoms with Gasteiger partial charge in [-0.05, 0) is 17.7 Å². The largest absolute Gasteiger partial charge is 0.495 e. The Bertz CT molecular complexity index is 692. The first-order chi connectivity index (χ1) is 11.7. The van der Waals surface area contributed by atoms with Gasteiger partial charge in [0.25, 0.3) is 0 Å². The van der Waals surface area contributed by atoms with E-state index < -0.39 is 0 Å². The molecule has 0 aromatic heterocycles. The maximum Gasteiger partial charge on any atom is 0.222 e. The number of hydrogen-bond acceptors (Lipinski definition) is 3. The fraction of sp³-hybridized carbons (Fsp3) is 0.222.